The smallest absolute Gasteiger partial charge is 0.0543 e. The Kier molecular flexibility index (Phi) is 6.82. The molecule has 0 spiro atoms. The molecular formula is C18H33N3. The van der Waals surface area contributed by atoms with Crippen molar-refractivity contribution in [2.45, 2.75) is 60.0 Å². The van der Waals surface area contributed by atoms with E-state index in [2.05, 4.69) is 68.9 Å². The molecule has 0 fully saturated rings. The SMILES string of the molecule is CCN(Cc1ccccn1)CC(C)(CC)CNC(C)(C)C. The number of hydrogen-bond donors (Lipinski definition) is 1. The topological polar surface area (TPSA) is 28.2 Å². The van der Waals surface area contributed by atoms with Crippen LogP contribution in [0.3, 0.4) is 0 Å². The molecule has 3 heteroatoms. The van der Waals surface area contributed by atoms with E-state index < -0.39 is 0 Å². The van der Waals surface area contributed by atoms with Gasteiger partial charge in [0.2, 0.25) is 0 Å². The first-order valence-electron chi connectivity index (χ1n) is 8.15. The molecule has 0 saturated heterocycles. The van der Waals surface area contributed by atoms with Gasteiger partial charge in [-0.25, -0.2) is 0 Å². The summed E-state index contributed by atoms with van der Waals surface area (Å²) in [5.74, 6) is 0. The lowest BCUT2D eigenvalue weighted by Gasteiger charge is -2.37. The summed E-state index contributed by atoms with van der Waals surface area (Å²) in [6.45, 7) is 17.7. The molecule has 1 aromatic rings. The van der Waals surface area contributed by atoms with Gasteiger partial charge in [-0.05, 0) is 51.3 Å². The molecule has 1 aromatic heterocycles. The Labute approximate surface area is 131 Å². The lowest BCUT2D eigenvalue weighted by atomic mass is 9.85. The molecule has 0 bridgehead atoms. The zero-order chi connectivity index (χ0) is 15.9. The molecule has 0 aliphatic rings. The van der Waals surface area contributed by atoms with Crippen molar-refractivity contribution in [3.63, 3.8) is 0 Å². The van der Waals surface area contributed by atoms with Gasteiger partial charge < -0.3 is 5.32 Å². The Hall–Kier alpha value is -0.930. The van der Waals surface area contributed by atoms with Gasteiger partial charge in [-0.1, -0.05) is 26.8 Å². The average molecular weight is 291 g/mol. The number of nitrogens with one attached hydrogen (secondary N) is 1. The van der Waals surface area contributed by atoms with E-state index in [0.717, 1.165) is 31.9 Å². The number of hydrogen-bond acceptors (Lipinski definition) is 3. The summed E-state index contributed by atoms with van der Waals surface area (Å²) >= 11 is 0. The van der Waals surface area contributed by atoms with Gasteiger partial charge in [0.25, 0.3) is 0 Å². The number of pyridine rings is 1. The van der Waals surface area contributed by atoms with Crippen LogP contribution in [0.25, 0.3) is 0 Å². The minimum Gasteiger partial charge on any atom is -0.311 e. The summed E-state index contributed by atoms with van der Waals surface area (Å²) in [7, 11) is 0. The zero-order valence-corrected chi connectivity index (χ0v) is 14.7. The van der Waals surface area contributed by atoms with Crippen molar-refractivity contribution in [2.75, 3.05) is 19.6 Å². The maximum atomic E-state index is 4.45. The van der Waals surface area contributed by atoms with E-state index in [1.807, 2.05) is 12.3 Å². The molecule has 0 amide bonds. The van der Waals surface area contributed by atoms with Gasteiger partial charge >= 0.3 is 0 Å². The minimum atomic E-state index is 0.175. The lowest BCUT2D eigenvalue weighted by Crippen LogP contribution is -2.47. The molecule has 1 unspecified atom stereocenters. The summed E-state index contributed by atoms with van der Waals surface area (Å²) in [4.78, 5) is 6.95. The van der Waals surface area contributed by atoms with Crippen LogP contribution in [-0.2, 0) is 6.54 Å². The monoisotopic (exact) mass is 291 g/mol. The highest BCUT2D eigenvalue weighted by atomic mass is 15.1. The Morgan fingerprint density at radius 3 is 2.33 bits per heavy atom. The quantitative estimate of drug-likeness (QED) is 0.791. The van der Waals surface area contributed by atoms with Crippen molar-refractivity contribution in [3.8, 4) is 0 Å². The Balaban J connectivity index is 2.63. The largest absolute Gasteiger partial charge is 0.311 e. The minimum absolute atomic E-state index is 0.175. The maximum Gasteiger partial charge on any atom is 0.0543 e. The summed E-state index contributed by atoms with van der Waals surface area (Å²) < 4.78 is 0. The van der Waals surface area contributed by atoms with Crippen LogP contribution in [-0.4, -0.2) is 35.1 Å². The van der Waals surface area contributed by atoms with E-state index in [0.29, 0.717) is 0 Å². The van der Waals surface area contributed by atoms with Crippen LogP contribution >= 0.6 is 0 Å². The van der Waals surface area contributed by atoms with Crippen molar-refractivity contribution in [1.82, 2.24) is 15.2 Å². The van der Waals surface area contributed by atoms with Crippen LogP contribution in [0.2, 0.25) is 0 Å². The predicted octanol–water partition coefficient (Wildman–Crippen LogP) is 3.71. The fourth-order valence-corrected chi connectivity index (χ4v) is 2.31. The third kappa shape index (κ3) is 7.05. The number of nitrogens with zero attached hydrogens (tertiary/aromatic N) is 2. The maximum absolute atomic E-state index is 4.45. The summed E-state index contributed by atoms with van der Waals surface area (Å²) in [6.07, 6.45) is 3.05. The second-order valence-electron chi connectivity index (χ2n) is 7.39. The van der Waals surface area contributed by atoms with Crippen LogP contribution in [0.1, 0.15) is 53.7 Å². The second kappa shape index (κ2) is 7.90. The molecule has 0 saturated carbocycles. The highest BCUT2D eigenvalue weighted by Gasteiger charge is 2.26. The van der Waals surface area contributed by atoms with Crippen molar-refractivity contribution in [3.05, 3.63) is 30.1 Å². The van der Waals surface area contributed by atoms with Crippen LogP contribution in [0.5, 0.6) is 0 Å². The molecule has 0 aromatic carbocycles. The van der Waals surface area contributed by atoms with E-state index in [9.17, 15) is 0 Å². The van der Waals surface area contributed by atoms with Crippen LogP contribution < -0.4 is 5.32 Å². The lowest BCUT2D eigenvalue weighted by molar-refractivity contribution is 0.144. The molecule has 21 heavy (non-hydrogen) atoms. The van der Waals surface area contributed by atoms with Gasteiger partial charge in [-0.2, -0.15) is 0 Å². The fourth-order valence-electron chi connectivity index (χ4n) is 2.31. The summed E-state index contributed by atoms with van der Waals surface area (Å²) in [5, 5.41) is 3.66. The highest BCUT2D eigenvalue weighted by molar-refractivity contribution is 5.03. The molecule has 120 valence electrons. The van der Waals surface area contributed by atoms with Crippen molar-refractivity contribution in [2.24, 2.45) is 5.41 Å². The van der Waals surface area contributed by atoms with E-state index in [1.165, 1.54) is 6.42 Å². The van der Waals surface area contributed by atoms with Gasteiger partial charge in [-0.3, -0.25) is 9.88 Å². The molecule has 0 radical (unpaired) electrons. The van der Waals surface area contributed by atoms with E-state index >= 15 is 0 Å². The molecule has 3 nitrogen and oxygen atoms in total. The molecule has 0 aliphatic carbocycles. The Morgan fingerprint density at radius 2 is 1.86 bits per heavy atom. The van der Waals surface area contributed by atoms with Crippen LogP contribution in [0.15, 0.2) is 24.4 Å². The van der Waals surface area contributed by atoms with E-state index in [4.69, 9.17) is 0 Å². The molecular weight excluding hydrogens is 258 g/mol. The fraction of sp³-hybridized carbons (Fsp3) is 0.722. The van der Waals surface area contributed by atoms with Gasteiger partial charge in [-0.15, -0.1) is 0 Å². The van der Waals surface area contributed by atoms with Gasteiger partial charge in [0, 0.05) is 31.4 Å². The van der Waals surface area contributed by atoms with Gasteiger partial charge in [0.15, 0.2) is 0 Å². The standard InChI is InChI=1S/C18H33N3/c1-7-18(6,14-20-17(3,4)5)15-21(8-2)13-16-11-9-10-12-19-16/h9-12,20H,7-8,13-15H2,1-6H3. The molecule has 1 rings (SSSR count). The molecule has 1 N–H and O–H groups in total. The third-order valence-electron chi connectivity index (χ3n) is 4.06. The van der Waals surface area contributed by atoms with E-state index in [1.54, 1.807) is 0 Å². The van der Waals surface area contributed by atoms with Crippen molar-refractivity contribution in [1.29, 1.82) is 0 Å². The first-order valence-corrected chi connectivity index (χ1v) is 8.15. The van der Waals surface area contributed by atoms with Crippen LogP contribution in [0, 0.1) is 5.41 Å². The molecule has 1 heterocycles. The third-order valence-corrected chi connectivity index (χ3v) is 4.06. The number of aromatic nitrogens is 1. The second-order valence-corrected chi connectivity index (χ2v) is 7.39. The normalized spacial score (nSPS) is 15.2. The Morgan fingerprint density at radius 1 is 1.14 bits per heavy atom. The van der Waals surface area contributed by atoms with Gasteiger partial charge in [0.05, 0.1) is 5.69 Å². The summed E-state index contributed by atoms with van der Waals surface area (Å²) in [5.41, 5.74) is 1.62. The zero-order valence-electron chi connectivity index (χ0n) is 14.7. The molecule has 1 atom stereocenters. The van der Waals surface area contributed by atoms with Gasteiger partial charge in [0.1, 0.15) is 0 Å². The summed E-state index contributed by atoms with van der Waals surface area (Å²) in [6, 6.07) is 6.15. The Bertz CT molecular complexity index is 397. The van der Waals surface area contributed by atoms with Crippen molar-refractivity contribution >= 4 is 0 Å². The predicted molar refractivity (Wildman–Crippen MR) is 91.3 cm³/mol. The highest BCUT2D eigenvalue weighted by Crippen LogP contribution is 2.23. The number of rotatable bonds is 8. The van der Waals surface area contributed by atoms with Crippen LogP contribution in [0.4, 0.5) is 0 Å². The molecule has 0 aliphatic heterocycles. The first-order chi connectivity index (χ1) is 9.78. The average Bonchev–Trinajstić information content (AvgIpc) is 2.45. The van der Waals surface area contributed by atoms with Crippen molar-refractivity contribution < 1.29 is 0 Å². The first kappa shape index (κ1) is 18.1. The van der Waals surface area contributed by atoms with E-state index in [-0.39, 0.29) is 11.0 Å².